The van der Waals surface area contributed by atoms with Gasteiger partial charge in [-0.1, -0.05) is 26.0 Å². The van der Waals surface area contributed by atoms with Crippen LogP contribution in [0, 0.1) is 12.3 Å². The lowest BCUT2D eigenvalue weighted by molar-refractivity contribution is 0.414. The predicted molar refractivity (Wildman–Crippen MR) is 70.9 cm³/mol. The number of hydrogen-bond donors (Lipinski definition) is 1. The summed E-state index contributed by atoms with van der Waals surface area (Å²) in [6.45, 7) is 6.02. The van der Waals surface area contributed by atoms with Gasteiger partial charge in [0.2, 0.25) is 10.0 Å². The number of benzene rings is 1. The molecule has 0 fully saturated rings. The van der Waals surface area contributed by atoms with Crippen molar-refractivity contribution in [3.8, 4) is 0 Å². The molecule has 0 saturated carbocycles. The lowest BCUT2D eigenvalue weighted by Crippen LogP contribution is -2.35. The zero-order valence-corrected chi connectivity index (χ0v) is 11.9. The number of rotatable bonds is 5. The fourth-order valence-corrected chi connectivity index (χ4v) is 2.64. The van der Waals surface area contributed by atoms with Crippen molar-refractivity contribution >= 4 is 21.6 Å². The number of alkyl halides is 1. The van der Waals surface area contributed by atoms with E-state index in [1.165, 1.54) is 0 Å². The van der Waals surface area contributed by atoms with Crippen LogP contribution in [0.3, 0.4) is 0 Å². The average molecular weight is 276 g/mol. The highest BCUT2D eigenvalue weighted by molar-refractivity contribution is 7.89. The standard InChI is InChI=1S/C12H18ClNO2S/c1-10-5-4-6-11(7-10)17(15,16)14-9-12(2,3)8-13/h4-7,14H,8-9H2,1-3H3. The molecule has 0 radical (unpaired) electrons. The molecule has 0 aliphatic carbocycles. The molecule has 0 aromatic heterocycles. The van der Waals surface area contributed by atoms with Gasteiger partial charge >= 0.3 is 0 Å². The van der Waals surface area contributed by atoms with Crippen molar-refractivity contribution in [3.05, 3.63) is 29.8 Å². The van der Waals surface area contributed by atoms with Crippen LogP contribution in [0.5, 0.6) is 0 Å². The van der Waals surface area contributed by atoms with Crippen LogP contribution in [0.15, 0.2) is 29.2 Å². The van der Waals surface area contributed by atoms with Gasteiger partial charge in [0.1, 0.15) is 0 Å². The van der Waals surface area contributed by atoms with Gasteiger partial charge in [-0.25, -0.2) is 13.1 Å². The highest BCUT2D eigenvalue weighted by atomic mass is 35.5. The first-order valence-electron chi connectivity index (χ1n) is 5.39. The van der Waals surface area contributed by atoms with Crippen LogP contribution in [-0.4, -0.2) is 20.8 Å². The van der Waals surface area contributed by atoms with E-state index in [4.69, 9.17) is 11.6 Å². The first kappa shape index (κ1) is 14.5. The molecule has 1 aromatic rings. The van der Waals surface area contributed by atoms with Crippen molar-refractivity contribution in [1.82, 2.24) is 4.72 Å². The first-order valence-corrected chi connectivity index (χ1v) is 7.41. The lowest BCUT2D eigenvalue weighted by Gasteiger charge is -2.21. The topological polar surface area (TPSA) is 46.2 Å². The van der Waals surface area contributed by atoms with Gasteiger partial charge in [-0.3, -0.25) is 0 Å². The van der Waals surface area contributed by atoms with Gasteiger partial charge in [0, 0.05) is 12.4 Å². The van der Waals surface area contributed by atoms with E-state index >= 15 is 0 Å². The molecule has 0 saturated heterocycles. The van der Waals surface area contributed by atoms with Crippen LogP contribution in [-0.2, 0) is 10.0 Å². The zero-order chi connectivity index (χ0) is 13.1. The third-order valence-electron chi connectivity index (χ3n) is 2.40. The van der Waals surface area contributed by atoms with E-state index in [-0.39, 0.29) is 5.41 Å². The molecule has 96 valence electrons. The minimum absolute atomic E-state index is 0.252. The summed E-state index contributed by atoms with van der Waals surface area (Å²) >= 11 is 5.76. The average Bonchev–Trinajstić information content (AvgIpc) is 2.27. The Labute approximate surface area is 108 Å². The summed E-state index contributed by atoms with van der Waals surface area (Å²) in [5.41, 5.74) is 0.669. The van der Waals surface area contributed by atoms with Crippen molar-refractivity contribution in [2.24, 2.45) is 5.41 Å². The number of hydrogen-bond acceptors (Lipinski definition) is 2. The molecular formula is C12H18ClNO2S. The largest absolute Gasteiger partial charge is 0.240 e. The summed E-state index contributed by atoms with van der Waals surface area (Å²) in [4.78, 5) is 0.294. The maximum Gasteiger partial charge on any atom is 0.240 e. The lowest BCUT2D eigenvalue weighted by atomic mass is 9.97. The molecule has 5 heteroatoms. The van der Waals surface area contributed by atoms with Crippen LogP contribution < -0.4 is 4.72 Å². The van der Waals surface area contributed by atoms with Gasteiger partial charge in [-0.15, -0.1) is 11.6 Å². The van der Waals surface area contributed by atoms with E-state index in [1.54, 1.807) is 18.2 Å². The molecule has 0 heterocycles. The van der Waals surface area contributed by atoms with E-state index in [2.05, 4.69) is 4.72 Å². The van der Waals surface area contributed by atoms with E-state index in [0.29, 0.717) is 17.3 Å². The Kier molecular flexibility index (Phi) is 4.58. The van der Waals surface area contributed by atoms with Crippen LogP contribution in [0.2, 0.25) is 0 Å². The Morgan fingerprint density at radius 2 is 2.00 bits per heavy atom. The van der Waals surface area contributed by atoms with Crippen molar-refractivity contribution in [3.63, 3.8) is 0 Å². The highest BCUT2D eigenvalue weighted by Gasteiger charge is 2.21. The highest BCUT2D eigenvalue weighted by Crippen LogP contribution is 2.17. The Morgan fingerprint density at radius 3 is 2.53 bits per heavy atom. The van der Waals surface area contributed by atoms with E-state index in [0.717, 1.165) is 5.56 Å². The second kappa shape index (κ2) is 5.38. The summed E-state index contributed by atoms with van der Waals surface area (Å²) < 4.78 is 26.6. The van der Waals surface area contributed by atoms with Gasteiger partial charge in [-0.05, 0) is 30.0 Å². The van der Waals surface area contributed by atoms with Crippen LogP contribution >= 0.6 is 11.6 Å². The van der Waals surface area contributed by atoms with Crippen LogP contribution in [0.25, 0.3) is 0 Å². The number of halogens is 1. The summed E-state index contributed by atoms with van der Waals surface area (Å²) in [5, 5.41) is 0. The molecule has 1 N–H and O–H groups in total. The first-order chi connectivity index (χ1) is 7.77. The van der Waals surface area contributed by atoms with E-state index < -0.39 is 10.0 Å². The van der Waals surface area contributed by atoms with Gasteiger partial charge < -0.3 is 0 Å². The Morgan fingerprint density at radius 1 is 1.35 bits per heavy atom. The molecule has 1 rings (SSSR count). The van der Waals surface area contributed by atoms with Crippen molar-refractivity contribution in [1.29, 1.82) is 0 Å². The Balaban J connectivity index is 2.83. The summed E-state index contributed by atoms with van der Waals surface area (Å²) in [5.74, 6) is 0.406. The molecule has 0 aliphatic rings. The Hall–Kier alpha value is -0.580. The van der Waals surface area contributed by atoms with E-state index in [9.17, 15) is 8.42 Å². The number of sulfonamides is 1. The van der Waals surface area contributed by atoms with Crippen LogP contribution in [0.4, 0.5) is 0 Å². The fourth-order valence-electron chi connectivity index (χ4n) is 1.20. The SMILES string of the molecule is Cc1cccc(S(=O)(=O)NCC(C)(C)CCl)c1. The second-order valence-corrected chi connectivity index (χ2v) is 6.97. The quantitative estimate of drug-likeness (QED) is 0.840. The molecule has 0 spiro atoms. The third kappa shape index (κ3) is 4.30. The molecule has 1 aromatic carbocycles. The normalized spacial score (nSPS) is 12.7. The molecule has 3 nitrogen and oxygen atoms in total. The number of nitrogens with one attached hydrogen (secondary N) is 1. The maximum atomic E-state index is 12.0. The molecule has 0 amide bonds. The second-order valence-electron chi connectivity index (χ2n) is 4.94. The van der Waals surface area contributed by atoms with Gasteiger partial charge in [-0.2, -0.15) is 0 Å². The predicted octanol–water partition coefficient (Wildman–Crippen LogP) is 2.54. The molecule has 0 bridgehead atoms. The minimum atomic E-state index is -3.43. The fraction of sp³-hybridized carbons (Fsp3) is 0.500. The summed E-state index contributed by atoms with van der Waals surface area (Å²) in [6, 6.07) is 6.83. The van der Waals surface area contributed by atoms with E-state index in [1.807, 2.05) is 26.8 Å². The molecule has 0 unspecified atom stereocenters. The Bertz CT molecular complexity index is 483. The van der Waals surface area contributed by atoms with Crippen molar-refractivity contribution < 1.29 is 8.42 Å². The monoisotopic (exact) mass is 275 g/mol. The third-order valence-corrected chi connectivity index (χ3v) is 4.52. The van der Waals surface area contributed by atoms with Gasteiger partial charge in [0.25, 0.3) is 0 Å². The smallest absolute Gasteiger partial charge is 0.211 e. The molecule has 0 atom stereocenters. The van der Waals surface area contributed by atoms with Gasteiger partial charge in [0.15, 0.2) is 0 Å². The van der Waals surface area contributed by atoms with Gasteiger partial charge in [0.05, 0.1) is 4.90 Å². The number of aryl methyl sites for hydroxylation is 1. The molecular weight excluding hydrogens is 258 g/mol. The van der Waals surface area contributed by atoms with Crippen molar-refractivity contribution in [2.75, 3.05) is 12.4 Å². The molecule has 17 heavy (non-hydrogen) atoms. The van der Waals surface area contributed by atoms with Crippen LogP contribution in [0.1, 0.15) is 19.4 Å². The summed E-state index contributed by atoms with van der Waals surface area (Å²) in [7, 11) is -3.43. The summed E-state index contributed by atoms with van der Waals surface area (Å²) in [6.07, 6.45) is 0. The molecule has 0 aliphatic heterocycles. The minimum Gasteiger partial charge on any atom is -0.211 e. The van der Waals surface area contributed by atoms with Crippen molar-refractivity contribution in [2.45, 2.75) is 25.7 Å². The maximum absolute atomic E-state index is 12.0. The zero-order valence-electron chi connectivity index (χ0n) is 10.3.